The molecule has 0 aliphatic carbocycles. The molecule has 0 atom stereocenters. The second kappa shape index (κ2) is 10.6. The van der Waals surface area contributed by atoms with Crippen LogP contribution in [0.5, 0.6) is 0 Å². The first-order valence-electron chi connectivity index (χ1n) is 6.98. The van der Waals surface area contributed by atoms with Crippen molar-refractivity contribution < 1.29 is 0 Å². The van der Waals surface area contributed by atoms with Crippen molar-refractivity contribution in [2.24, 2.45) is 4.99 Å². The lowest BCUT2D eigenvalue weighted by molar-refractivity contribution is 0.822. The van der Waals surface area contributed by atoms with Crippen molar-refractivity contribution in [3.8, 4) is 0 Å². The van der Waals surface area contributed by atoms with E-state index in [9.17, 15) is 0 Å². The predicted octanol–water partition coefficient (Wildman–Crippen LogP) is 3.30. The number of aryl methyl sites for hydroxylation is 1. The van der Waals surface area contributed by atoms with Gasteiger partial charge in [0.05, 0.1) is 0 Å². The van der Waals surface area contributed by atoms with E-state index >= 15 is 0 Å². The summed E-state index contributed by atoms with van der Waals surface area (Å²) in [5.74, 6) is 2.89. The Labute approximate surface area is 137 Å². The molecule has 0 aliphatic heterocycles. The van der Waals surface area contributed by atoms with Crippen molar-refractivity contribution in [1.82, 2.24) is 10.6 Å². The third kappa shape index (κ3) is 6.96. The molecule has 0 spiro atoms. The first kappa shape index (κ1) is 18.0. The molecule has 0 heterocycles. The second-order valence-corrected chi connectivity index (χ2v) is 6.53. The molecule has 2 N–H and O–H groups in total. The highest BCUT2D eigenvalue weighted by atomic mass is 32.2. The lowest BCUT2D eigenvalue weighted by Gasteiger charge is -2.14. The topological polar surface area (TPSA) is 36.4 Å². The Morgan fingerprint density at radius 1 is 1.38 bits per heavy atom. The third-order valence-electron chi connectivity index (χ3n) is 2.89. The number of rotatable bonds is 8. The number of thioether (sulfide) groups is 2. The Hall–Kier alpha value is -1.07. The van der Waals surface area contributed by atoms with Crippen LogP contribution in [0.2, 0.25) is 0 Å². The molecule has 0 fully saturated rings. The summed E-state index contributed by atoms with van der Waals surface area (Å²) in [5, 5.41) is 6.69. The Kier molecular flexibility index (Phi) is 9.10. The van der Waals surface area contributed by atoms with Crippen LogP contribution in [0.1, 0.15) is 11.1 Å². The van der Waals surface area contributed by atoms with E-state index in [0.29, 0.717) is 0 Å². The number of nitrogens with zero attached hydrogens (tertiary/aromatic N) is 1. The molecule has 0 bridgehead atoms. The molecular weight excluding hydrogens is 298 g/mol. The first-order chi connectivity index (χ1) is 10.2. The molecule has 5 heteroatoms. The monoisotopic (exact) mass is 323 g/mol. The molecule has 3 nitrogen and oxygen atoms in total. The zero-order valence-corrected chi connectivity index (χ0v) is 14.7. The summed E-state index contributed by atoms with van der Waals surface area (Å²) >= 11 is 3.64. The van der Waals surface area contributed by atoms with Gasteiger partial charge in [-0.3, -0.25) is 4.99 Å². The minimum absolute atomic E-state index is 0.788. The van der Waals surface area contributed by atoms with Gasteiger partial charge in [-0.25, -0.2) is 0 Å². The maximum Gasteiger partial charge on any atom is 0.191 e. The highest BCUT2D eigenvalue weighted by Crippen LogP contribution is 2.21. The summed E-state index contributed by atoms with van der Waals surface area (Å²) in [5.41, 5.74) is 2.60. The average molecular weight is 324 g/mol. The van der Waals surface area contributed by atoms with Crippen molar-refractivity contribution in [2.45, 2.75) is 18.4 Å². The van der Waals surface area contributed by atoms with Crippen LogP contribution < -0.4 is 10.6 Å². The van der Waals surface area contributed by atoms with Crippen molar-refractivity contribution >= 4 is 29.5 Å². The molecule has 0 aromatic heterocycles. The minimum atomic E-state index is 0.788. The van der Waals surface area contributed by atoms with Gasteiger partial charge in [0.1, 0.15) is 0 Å². The highest BCUT2D eigenvalue weighted by Gasteiger charge is 2.03. The molecule has 1 rings (SSSR count). The van der Waals surface area contributed by atoms with Gasteiger partial charge in [0.2, 0.25) is 0 Å². The Morgan fingerprint density at radius 3 is 2.86 bits per heavy atom. The van der Waals surface area contributed by atoms with E-state index < -0.39 is 0 Å². The highest BCUT2D eigenvalue weighted by molar-refractivity contribution is 7.99. The number of nitrogens with one attached hydrogen (secondary N) is 2. The van der Waals surface area contributed by atoms with Crippen LogP contribution in [0.15, 0.2) is 40.7 Å². The second-order valence-electron chi connectivity index (χ2n) is 4.53. The largest absolute Gasteiger partial charge is 0.356 e. The minimum Gasteiger partial charge on any atom is -0.356 e. The Bertz CT molecular complexity index is 473. The maximum absolute atomic E-state index is 4.25. The van der Waals surface area contributed by atoms with Crippen LogP contribution in [0.4, 0.5) is 0 Å². The smallest absolute Gasteiger partial charge is 0.191 e. The Morgan fingerprint density at radius 2 is 2.19 bits per heavy atom. The van der Waals surface area contributed by atoms with Gasteiger partial charge in [0, 0.05) is 36.5 Å². The summed E-state index contributed by atoms with van der Waals surface area (Å²) in [6.07, 6.45) is 4.04. The SMILES string of the molecule is C=CCSCCNC(=NC)NCc1ccc(C)cc1SC. The summed E-state index contributed by atoms with van der Waals surface area (Å²) < 4.78 is 0. The molecule has 21 heavy (non-hydrogen) atoms. The number of aliphatic imine (C=N–C) groups is 1. The van der Waals surface area contributed by atoms with E-state index in [-0.39, 0.29) is 0 Å². The molecule has 0 amide bonds. The molecule has 116 valence electrons. The zero-order chi connectivity index (χ0) is 15.5. The lowest BCUT2D eigenvalue weighted by atomic mass is 10.1. The fourth-order valence-electron chi connectivity index (χ4n) is 1.81. The molecule has 0 unspecified atom stereocenters. The van der Waals surface area contributed by atoms with Crippen LogP contribution in [0.3, 0.4) is 0 Å². The van der Waals surface area contributed by atoms with Crippen LogP contribution in [-0.2, 0) is 6.54 Å². The van der Waals surface area contributed by atoms with Gasteiger partial charge in [-0.15, -0.1) is 18.3 Å². The van der Waals surface area contributed by atoms with Gasteiger partial charge in [-0.1, -0.05) is 18.2 Å². The Balaban J connectivity index is 2.43. The van der Waals surface area contributed by atoms with E-state index in [4.69, 9.17) is 0 Å². The standard InChI is InChI=1S/C16H25N3S2/c1-5-9-21-10-8-18-16(17-3)19-12-14-7-6-13(2)11-15(14)20-4/h5-7,11H,1,8-10,12H2,2-4H3,(H2,17,18,19). The fourth-order valence-corrected chi connectivity index (χ4v) is 3.09. The summed E-state index contributed by atoms with van der Waals surface area (Å²) in [4.78, 5) is 5.57. The third-order valence-corrected chi connectivity index (χ3v) is 4.67. The molecule has 0 aliphatic rings. The lowest BCUT2D eigenvalue weighted by Crippen LogP contribution is -2.38. The number of hydrogen-bond donors (Lipinski definition) is 2. The van der Waals surface area contributed by atoms with Gasteiger partial charge in [-0.05, 0) is 30.4 Å². The van der Waals surface area contributed by atoms with Crippen LogP contribution >= 0.6 is 23.5 Å². The maximum atomic E-state index is 4.25. The summed E-state index contributed by atoms with van der Waals surface area (Å²) in [6.45, 7) is 7.53. The van der Waals surface area contributed by atoms with Crippen LogP contribution in [0, 0.1) is 6.92 Å². The summed E-state index contributed by atoms with van der Waals surface area (Å²) in [6, 6.07) is 6.56. The van der Waals surface area contributed by atoms with Gasteiger partial charge in [0.15, 0.2) is 5.96 Å². The van der Waals surface area contributed by atoms with Crippen molar-refractivity contribution in [1.29, 1.82) is 0 Å². The van der Waals surface area contributed by atoms with E-state index in [0.717, 1.165) is 30.6 Å². The quantitative estimate of drug-likeness (QED) is 0.253. The molecule has 0 saturated carbocycles. The normalized spacial score (nSPS) is 11.3. The molecule has 1 aromatic carbocycles. The summed E-state index contributed by atoms with van der Waals surface area (Å²) in [7, 11) is 1.80. The van der Waals surface area contributed by atoms with Crippen LogP contribution in [-0.4, -0.2) is 37.3 Å². The molecule has 0 radical (unpaired) electrons. The van der Waals surface area contributed by atoms with Gasteiger partial charge in [-0.2, -0.15) is 11.8 Å². The molecule has 0 saturated heterocycles. The van der Waals surface area contributed by atoms with Gasteiger partial charge >= 0.3 is 0 Å². The number of guanidine groups is 1. The van der Waals surface area contributed by atoms with Gasteiger partial charge < -0.3 is 10.6 Å². The van der Waals surface area contributed by atoms with Gasteiger partial charge in [0.25, 0.3) is 0 Å². The fraction of sp³-hybridized carbons (Fsp3) is 0.438. The van der Waals surface area contributed by atoms with Crippen molar-refractivity contribution in [2.75, 3.05) is 31.4 Å². The zero-order valence-electron chi connectivity index (χ0n) is 13.1. The average Bonchev–Trinajstić information content (AvgIpc) is 2.50. The molecular formula is C16H25N3S2. The van der Waals surface area contributed by atoms with Crippen LogP contribution in [0.25, 0.3) is 0 Å². The van der Waals surface area contributed by atoms with Crippen molar-refractivity contribution in [3.63, 3.8) is 0 Å². The molecule has 1 aromatic rings. The van der Waals surface area contributed by atoms with E-state index in [1.165, 1.54) is 16.0 Å². The van der Waals surface area contributed by atoms with E-state index in [2.05, 4.69) is 53.6 Å². The van der Waals surface area contributed by atoms with E-state index in [1.807, 2.05) is 17.8 Å². The first-order valence-corrected chi connectivity index (χ1v) is 9.36. The predicted molar refractivity (Wildman–Crippen MR) is 98.7 cm³/mol. The van der Waals surface area contributed by atoms with Crippen molar-refractivity contribution in [3.05, 3.63) is 42.0 Å². The number of benzene rings is 1. The number of hydrogen-bond acceptors (Lipinski definition) is 3. The van der Waals surface area contributed by atoms with E-state index in [1.54, 1.807) is 18.8 Å².